The van der Waals surface area contributed by atoms with Crippen LogP contribution in [0.5, 0.6) is 0 Å². The van der Waals surface area contributed by atoms with Crippen molar-refractivity contribution in [2.24, 2.45) is 0 Å². The normalized spacial score (nSPS) is 27.9. The SMILES string of the molecule is CCN1CCCC(O)(c2ccc(C)s2)CC1. The molecule has 1 aromatic rings. The van der Waals surface area contributed by atoms with E-state index in [1.54, 1.807) is 11.3 Å². The Morgan fingerprint density at radius 1 is 1.38 bits per heavy atom. The summed E-state index contributed by atoms with van der Waals surface area (Å²) >= 11 is 1.74. The molecule has 2 heterocycles. The van der Waals surface area contributed by atoms with Crippen LogP contribution in [0.15, 0.2) is 12.1 Å². The number of aryl methyl sites for hydroxylation is 1. The van der Waals surface area contributed by atoms with Gasteiger partial charge in [-0.3, -0.25) is 0 Å². The lowest BCUT2D eigenvalue weighted by molar-refractivity contribution is 0.0250. The van der Waals surface area contributed by atoms with Crippen LogP contribution in [0.3, 0.4) is 0 Å². The summed E-state index contributed by atoms with van der Waals surface area (Å²) in [7, 11) is 0. The molecule has 90 valence electrons. The molecule has 1 aromatic heterocycles. The zero-order chi connectivity index (χ0) is 11.6. The average Bonchev–Trinajstić information content (AvgIpc) is 2.61. The van der Waals surface area contributed by atoms with Gasteiger partial charge in [0.15, 0.2) is 0 Å². The summed E-state index contributed by atoms with van der Waals surface area (Å²) in [5, 5.41) is 10.7. The maximum atomic E-state index is 10.7. The molecule has 2 nitrogen and oxygen atoms in total. The van der Waals surface area contributed by atoms with Crippen molar-refractivity contribution >= 4 is 11.3 Å². The topological polar surface area (TPSA) is 23.5 Å². The quantitative estimate of drug-likeness (QED) is 0.858. The van der Waals surface area contributed by atoms with Crippen LogP contribution in [0.4, 0.5) is 0 Å². The van der Waals surface area contributed by atoms with Crippen molar-refractivity contribution in [3.05, 3.63) is 21.9 Å². The maximum Gasteiger partial charge on any atom is 0.100 e. The molecule has 1 aliphatic heterocycles. The van der Waals surface area contributed by atoms with Gasteiger partial charge in [0.05, 0.1) is 0 Å². The molecule has 1 saturated heterocycles. The second kappa shape index (κ2) is 4.86. The molecule has 1 atom stereocenters. The van der Waals surface area contributed by atoms with E-state index in [1.807, 2.05) is 0 Å². The van der Waals surface area contributed by atoms with E-state index < -0.39 is 5.60 Å². The van der Waals surface area contributed by atoms with E-state index in [-0.39, 0.29) is 0 Å². The van der Waals surface area contributed by atoms with Gasteiger partial charge in [-0.2, -0.15) is 0 Å². The highest BCUT2D eigenvalue weighted by molar-refractivity contribution is 7.12. The summed E-state index contributed by atoms with van der Waals surface area (Å²) in [5.74, 6) is 0. The van der Waals surface area contributed by atoms with Crippen molar-refractivity contribution in [3.63, 3.8) is 0 Å². The Morgan fingerprint density at radius 3 is 2.81 bits per heavy atom. The van der Waals surface area contributed by atoms with Gasteiger partial charge in [0, 0.05) is 16.3 Å². The first-order valence-electron chi connectivity index (χ1n) is 6.16. The van der Waals surface area contributed by atoms with Crippen molar-refractivity contribution in [1.82, 2.24) is 4.90 Å². The van der Waals surface area contributed by atoms with Gasteiger partial charge in [-0.1, -0.05) is 6.92 Å². The lowest BCUT2D eigenvalue weighted by Crippen LogP contribution is -2.28. The Bertz CT molecular complexity index is 349. The van der Waals surface area contributed by atoms with E-state index in [0.29, 0.717) is 0 Å². The van der Waals surface area contributed by atoms with Gasteiger partial charge in [-0.05, 0) is 51.4 Å². The zero-order valence-electron chi connectivity index (χ0n) is 10.2. The Hall–Kier alpha value is -0.380. The molecule has 16 heavy (non-hydrogen) atoms. The first-order valence-corrected chi connectivity index (χ1v) is 6.97. The summed E-state index contributed by atoms with van der Waals surface area (Å²) in [6, 6.07) is 4.21. The Morgan fingerprint density at radius 2 is 2.19 bits per heavy atom. The van der Waals surface area contributed by atoms with E-state index in [9.17, 15) is 5.11 Å². The summed E-state index contributed by atoms with van der Waals surface area (Å²) in [4.78, 5) is 4.88. The molecule has 0 bridgehead atoms. The molecule has 0 aliphatic carbocycles. The second-order valence-electron chi connectivity index (χ2n) is 4.73. The number of hydrogen-bond acceptors (Lipinski definition) is 3. The third kappa shape index (κ3) is 2.47. The molecule has 1 N–H and O–H groups in total. The van der Waals surface area contributed by atoms with Crippen molar-refractivity contribution in [2.75, 3.05) is 19.6 Å². The van der Waals surface area contributed by atoms with Crippen molar-refractivity contribution in [2.45, 2.75) is 38.7 Å². The van der Waals surface area contributed by atoms with Crippen LogP contribution in [0, 0.1) is 6.92 Å². The first-order chi connectivity index (χ1) is 7.64. The fourth-order valence-corrected chi connectivity index (χ4v) is 3.44. The van der Waals surface area contributed by atoms with E-state index in [4.69, 9.17) is 0 Å². The predicted molar refractivity (Wildman–Crippen MR) is 68.9 cm³/mol. The van der Waals surface area contributed by atoms with Crippen LogP contribution in [-0.2, 0) is 5.60 Å². The number of aliphatic hydroxyl groups is 1. The van der Waals surface area contributed by atoms with Crippen molar-refractivity contribution < 1.29 is 5.11 Å². The Labute approximate surface area is 102 Å². The van der Waals surface area contributed by atoms with Crippen molar-refractivity contribution in [3.8, 4) is 0 Å². The maximum absolute atomic E-state index is 10.7. The van der Waals surface area contributed by atoms with Crippen LogP contribution >= 0.6 is 11.3 Å². The monoisotopic (exact) mass is 239 g/mol. The van der Waals surface area contributed by atoms with Crippen LogP contribution in [0.2, 0.25) is 0 Å². The van der Waals surface area contributed by atoms with Gasteiger partial charge in [-0.25, -0.2) is 0 Å². The number of thiophene rings is 1. The minimum absolute atomic E-state index is 0.567. The minimum atomic E-state index is -0.567. The van der Waals surface area contributed by atoms with E-state index in [2.05, 4.69) is 30.9 Å². The smallest absolute Gasteiger partial charge is 0.100 e. The predicted octanol–water partition coefficient (Wildman–Crippen LogP) is 2.75. The lowest BCUT2D eigenvalue weighted by Gasteiger charge is -2.25. The number of rotatable bonds is 2. The first kappa shape index (κ1) is 12.1. The molecule has 0 spiro atoms. The minimum Gasteiger partial charge on any atom is -0.384 e. The van der Waals surface area contributed by atoms with Gasteiger partial charge >= 0.3 is 0 Å². The van der Waals surface area contributed by atoms with E-state index in [0.717, 1.165) is 43.8 Å². The standard InChI is InChI=1S/C13H21NOS/c1-3-14-9-4-7-13(15,8-10-14)12-6-5-11(2)16-12/h5-6,15H,3-4,7-10H2,1-2H3. The largest absolute Gasteiger partial charge is 0.384 e. The number of nitrogens with zero attached hydrogens (tertiary/aromatic N) is 1. The molecule has 0 amide bonds. The summed E-state index contributed by atoms with van der Waals surface area (Å²) in [6.45, 7) is 7.54. The molecule has 0 radical (unpaired) electrons. The average molecular weight is 239 g/mol. The number of likely N-dealkylation sites (tertiary alicyclic amines) is 1. The molecule has 3 heteroatoms. The highest BCUT2D eigenvalue weighted by Crippen LogP contribution is 2.36. The van der Waals surface area contributed by atoms with Crippen LogP contribution in [0.1, 0.15) is 35.9 Å². The molecular weight excluding hydrogens is 218 g/mol. The molecule has 0 aromatic carbocycles. The Balaban J connectivity index is 2.13. The van der Waals surface area contributed by atoms with Crippen LogP contribution in [-0.4, -0.2) is 29.6 Å². The van der Waals surface area contributed by atoms with Gasteiger partial charge in [-0.15, -0.1) is 11.3 Å². The molecular formula is C13H21NOS. The van der Waals surface area contributed by atoms with Gasteiger partial charge in [0.1, 0.15) is 5.60 Å². The van der Waals surface area contributed by atoms with Crippen LogP contribution in [0.25, 0.3) is 0 Å². The third-order valence-electron chi connectivity index (χ3n) is 3.55. The summed E-state index contributed by atoms with van der Waals surface area (Å²) < 4.78 is 0. The fourth-order valence-electron chi connectivity index (χ4n) is 2.42. The molecule has 1 aliphatic rings. The highest BCUT2D eigenvalue weighted by atomic mass is 32.1. The van der Waals surface area contributed by atoms with E-state index in [1.165, 1.54) is 4.88 Å². The van der Waals surface area contributed by atoms with Gasteiger partial charge < -0.3 is 10.0 Å². The molecule has 2 rings (SSSR count). The van der Waals surface area contributed by atoms with Crippen molar-refractivity contribution in [1.29, 1.82) is 0 Å². The number of hydrogen-bond donors (Lipinski definition) is 1. The van der Waals surface area contributed by atoms with Gasteiger partial charge in [0.25, 0.3) is 0 Å². The highest BCUT2D eigenvalue weighted by Gasteiger charge is 2.32. The fraction of sp³-hybridized carbons (Fsp3) is 0.692. The zero-order valence-corrected chi connectivity index (χ0v) is 11.0. The molecule has 1 fully saturated rings. The third-order valence-corrected chi connectivity index (χ3v) is 4.75. The second-order valence-corrected chi connectivity index (χ2v) is 6.02. The summed E-state index contributed by atoms with van der Waals surface area (Å²) in [6.07, 6.45) is 2.88. The van der Waals surface area contributed by atoms with E-state index >= 15 is 0 Å². The van der Waals surface area contributed by atoms with Gasteiger partial charge in [0.2, 0.25) is 0 Å². The van der Waals surface area contributed by atoms with Crippen LogP contribution < -0.4 is 0 Å². The molecule has 1 unspecified atom stereocenters. The Kier molecular flexibility index (Phi) is 3.67. The summed E-state index contributed by atoms with van der Waals surface area (Å²) in [5.41, 5.74) is -0.567. The molecule has 0 saturated carbocycles. The lowest BCUT2D eigenvalue weighted by atomic mass is 9.93.